The number of pyridine rings is 1. The van der Waals surface area contributed by atoms with Crippen LogP contribution in [0, 0.1) is 18.7 Å². The first-order valence-electron chi connectivity index (χ1n) is 11.9. The molecule has 0 bridgehead atoms. The van der Waals surface area contributed by atoms with Crippen molar-refractivity contribution in [3.63, 3.8) is 0 Å². The number of nitrogens with one attached hydrogen (secondary N) is 1. The minimum Gasteiger partial charge on any atom is -0.381 e. The van der Waals surface area contributed by atoms with Gasteiger partial charge in [0, 0.05) is 43.3 Å². The molecular formula is C26H26ClFN6O. The number of aryl methyl sites for hydroxylation is 2. The van der Waals surface area contributed by atoms with Crippen molar-refractivity contribution in [2.45, 2.75) is 25.8 Å². The van der Waals surface area contributed by atoms with Crippen LogP contribution in [0.3, 0.4) is 0 Å². The molecule has 2 aliphatic rings. The molecule has 7 nitrogen and oxygen atoms in total. The van der Waals surface area contributed by atoms with E-state index in [1.807, 2.05) is 32.2 Å². The third-order valence-corrected chi connectivity index (χ3v) is 7.35. The molecular weight excluding hydrogens is 467 g/mol. The van der Waals surface area contributed by atoms with Crippen LogP contribution in [0.4, 0.5) is 10.1 Å². The topological polar surface area (TPSA) is 69.8 Å². The molecule has 1 atom stereocenters. The summed E-state index contributed by atoms with van der Waals surface area (Å²) in [7, 11) is 1.90. The standard InChI is InChI=1S/C26H26ClFN6O/c1-15-24(33(2)32-31-15)17-13-21-23(29-14-17)19-7-8-22(27)30-26(19)34(21)25(16-9-11-35-12-10-16)18-5-3-4-6-20(18)28/h3-8,13,16,25,29H,9-12,14H2,1-2H3. The molecule has 6 rings (SSSR count). The Morgan fingerprint density at radius 1 is 1.17 bits per heavy atom. The molecule has 0 spiro atoms. The van der Waals surface area contributed by atoms with Crippen molar-refractivity contribution in [3.8, 4) is 0 Å². The average molecular weight is 493 g/mol. The van der Waals surface area contributed by atoms with Gasteiger partial charge in [-0.15, -0.1) is 5.10 Å². The van der Waals surface area contributed by atoms with Gasteiger partial charge >= 0.3 is 0 Å². The zero-order valence-corrected chi connectivity index (χ0v) is 20.4. The summed E-state index contributed by atoms with van der Waals surface area (Å²) >= 11 is 6.40. The van der Waals surface area contributed by atoms with Crippen LogP contribution in [0.15, 0.2) is 36.4 Å². The van der Waals surface area contributed by atoms with E-state index in [4.69, 9.17) is 21.3 Å². The van der Waals surface area contributed by atoms with Gasteiger partial charge < -0.3 is 14.6 Å². The lowest BCUT2D eigenvalue weighted by Crippen LogP contribution is -2.28. The Kier molecular flexibility index (Phi) is 5.57. The first-order chi connectivity index (χ1) is 17.0. The normalized spacial score (nSPS) is 17.2. The molecule has 1 unspecified atom stereocenters. The van der Waals surface area contributed by atoms with Gasteiger partial charge in [-0.3, -0.25) is 0 Å². The van der Waals surface area contributed by atoms with Gasteiger partial charge in [0.05, 0.1) is 28.8 Å². The van der Waals surface area contributed by atoms with Gasteiger partial charge in [0.15, 0.2) is 0 Å². The number of benzene rings is 1. The summed E-state index contributed by atoms with van der Waals surface area (Å²) in [5, 5.41) is 13.4. The van der Waals surface area contributed by atoms with Crippen LogP contribution >= 0.6 is 11.6 Å². The summed E-state index contributed by atoms with van der Waals surface area (Å²) < 4.78 is 25.0. The van der Waals surface area contributed by atoms with E-state index in [0.29, 0.717) is 30.5 Å². The SMILES string of the molecule is Cc1nnn(C)c1C1=Cc2c(c3ccc(Cl)nc3n2C(c2ccccc2F)C2CCOCC2)NC1. The van der Waals surface area contributed by atoms with Crippen LogP contribution < -0.4 is 5.32 Å². The molecule has 1 N–H and O–H groups in total. The Morgan fingerprint density at radius 3 is 2.71 bits per heavy atom. The molecule has 1 saturated heterocycles. The molecule has 1 fully saturated rings. The van der Waals surface area contributed by atoms with Crippen molar-refractivity contribution in [1.82, 2.24) is 24.5 Å². The van der Waals surface area contributed by atoms with E-state index in [9.17, 15) is 0 Å². The van der Waals surface area contributed by atoms with Gasteiger partial charge in [-0.05, 0) is 50.0 Å². The second-order valence-electron chi connectivity index (χ2n) is 9.22. The summed E-state index contributed by atoms with van der Waals surface area (Å²) in [5.74, 6) is -0.0405. The van der Waals surface area contributed by atoms with Crippen molar-refractivity contribution in [2.75, 3.05) is 25.1 Å². The number of halogens is 2. The fourth-order valence-electron chi connectivity index (χ4n) is 5.59. The Hall–Kier alpha value is -3.23. The van der Waals surface area contributed by atoms with Gasteiger partial charge in [-0.2, -0.15) is 0 Å². The highest BCUT2D eigenvalue weighted by atomic mass is 35.5. The number of ether oxygens (including phenoxy) is 1. The summed E-state index contributed by atoms with van der Waals surface area (Å²) in [5.41, 5.74) is 6.23. The Morgan fingerprint density at radius 2 is 1.97 bits per heavy atom. The molecule has 2 aliphatic heterocycles. The third kappa shape index (κ3) is 3.72. The minimum atomic E-state index is -0.263. The molecule has 5 heterocycles. The second kappa shape index (κ2) is 8.77. The number of hydrogen-bond acceptors (Lipinski definition) is 5. The zero-order valence-electron chi connectivity index (χ0n) is 19.6. The van der Waals surface area contributed by atoms with Gasteiger partial charge in [-0.25, -0.2) is 14.1 Å². The third-order valence-electron chi connectivity index (χ3n) is 7.13. The summed E-state index contributed by atoms with van der Waals surface area (Å²) in [6.45, 7) is 3.90. The van der Waals surface area contributed by atoms with E-state index in [-0.39, 0.29) is 17.8 Å². The highest BCUT2D eigenvalue weighted by Crippen LogP contribution is 2.44. The predicted molar refractivity (Wildman–Crippen MR) is 135 cm³/mol. The fourth-order valence-corrected chi connectivity index (χ4v) is 5.73. The zero-order chi connectivity index (χ0) is 24.1. The van der Waals surface area contributed by atoms with E-state index >= 15 is 4.39 Å². The van der Waals surface area contributed by atoms with E-state index in [2.05, 4.69) is 26.3 Å². The van der Waals surface area contributed by atoms with Crippen molar-refractivity contribution in [2.24, 2.45) is 13.0 Å². The van der Waals surface area contributed by atoms with Gasteiger partial charge in [-0.1, -0.05) is 35.0 Å². The fraction of sp³-hybridized carbons (Fsp3) is 0.346. The maximum absolute atomic E-state index is 15.4. The Labute approximate surface area is 207 Å². The summed E-state index contributed by atoms with van der Waals surface area (Å²) in [6, 6.07) is 10.6. The van der Waals surface area contributed by atoms with E-state index in [0.717, 1.165) is 52.2 Å². The van der Waals surface area contributed by atoms with Crippen molar-refractivity contribution in [1.29, 1.82) is 0 Å². The van der Waals surface area contributed by atoms with Crippen molar-refractivity contribution in [3.05, 3.63) is 70.0 Å². The molecule has 0 saturated carbocycles. The summed E-state index contributed by atoms with van der Waals surface area (Å²) in [4.78, 5) is 4.75. The lowest BCUT2D eigenvalue weighted by atomic mass is 9.86. The lowest BCUT2D eigenvalue weighted by molar-refractivity contribution is 0.0542. The highest BCUT2D eigenvalue weighted by Gasteiger charge is 2.34. The van der Waals surface area contributed by atoms with Crippen LogP contribution in [-0.2, 0) is 11.8 Å². The average Bonchev–Trinajstić information content (AvgIpc) is 3.36. The molecule has 180 valence electrons. The number of aromatic nitrogens is 5. The number of anilines is 1. The van der Waals surface area contributed by atoms with Gasteiger partial charge in [0.1, 0.15) is 16.6 Å². The Balaban J connectivity index is 1.64. The van der Waals surface area contributed by atoms with E-state index in [1.165, 1.54) is 6.07 Å². The van der Waals surface area contributed by atoms with Gasteiger partial charge in [0.2, 0.25) is 0 Å². The van der Waals surface area contributed by atoms with Crippen molar-refractivity contribution >= 4 is 40.0 Å². The lowest BCUT2D eigenvalue weighted by Gasteiger charge is -2.33. The molecule has 0 amide bonds. The molecule has 1 aromatic carbocycles. The van der Waals surface area contributed by atoms with Crippen LogP contribution in [0.1, 0.15) is 41.5 Å². The van der Waals surface area contributed by atoms with Crippen LogP contribution in [0.5, 0.6) is 0 Å². The molecule has 9 heteroatoms. The van der Waals surface area contributed by atoms with E-state index in [1.54, 1.807) is 16.8 Å². The maximum atomic E-state index is 15.4. The quantitative estimate of drug-likeness (QED) is 0.394. The molecule has 4 aromatic rings. The number of nitrogens with zero attached hydrogens (tertiary/aromatic N) is 5. The molecule has 35 heavy (non-hydrogen) atoms. The van der Waals surface area contributed by atoms with Crippen LogP contribution in [-0.4, -0.2) is 44.3 Å². The maximum Gasteiger partial charge on any atom is 0.144 e. The number of rotatable bonds is 4. The van der Waals surface area contributed by atoms with Crippen molar-refractivity contribution < 1.29 is 9.13 Å². The van der Waals surface area contributed by atoms with Gasteiger partial charge in [0.25, 0.3) is 0 Å². The number of hydrogen-bond donors (Lipinski definition) is 1. The smallest absolute Gasteiger partial charge is 0.144 e. The van der Waals surface area contributed by atoms with E-state index < -0.39 is 0 Å². The Bertz CT molecular complexity index is 1430. The predicted octanol–water partition coefficient (Wildman–Crippen LogP) is 5.25. The van der Waals surface area contributed by atoms with Crippen LogP contribution in [0.2, 0.25) is 5.15 Å². The monoisotopic (exact) mass is 492 g/mol. The highest BCUT2D eigenvalue weighted by molar-refractivity contribution is 6.29. The minimum absolute atomic E-state index is 0.181. The number of fused-ring (bicyclic) bond motifs is 3. The van der Waals surface area contributed by atoms with Crippen LogP contribution in [0.25, 0.3) is 22.7 Å². The second-order valence-corrected chi connectivity index (χ2v) is 9.61. The molecule has 3 aromatic heterocycles. The largest absolute Gasteiger partial charge is 0.381 e. The molecule has 0 radical (unpaired) electrons. The first kappa shape index (κ1) is 22.2. The molecule has 0 aliphatic carbocycles. The summed E-state index contributed by atoms with van der Waals surface area (Å²) in [6.07, 6.45) is 3.84. The first-order valence-corrected chi connectivity index (χ1v) is 12.2.